The molecule has 6 heteroatoms. The molecular weight excluding hydrogens is 290 g/mol. The van der Waals surface area contributed by atoms with Gasteiger partial charge in [-0.1, -0.05) is 15.9 Å². The minimum Gasteiger partial charge on any atom is -0.481 e. The zero-order valence-electron chi connectivity index (χ0n) is 10.6. The van der Waals surface area contributed by atoms with Gasteiger partial charge in [0, 0.05) is 0 Å². The number of carboxylic acid groups (broad SMARTS) is 1. The standard InChI is InChI=1S/C11H20BrNO4/c1-10(2,3)17-9(16)7(8(14)15)5-6-11(4,12)13/h7H,5-6,13H2,1-4H3,(H,14,15). The summed E-state index contributed by atoms with van der Waals surface area (Å²) in [6.45, 7) is 6.80. The minimum atomic E-state index is -1.18. The molecule has 17 heavy (non-hydrogen) atoms. The van der Waals surface area contributed by atoms with Gasteiger partial charge in [-0.05, 0) is 40.5 Å². The minimum absolute atomic E-state index is 0.141. The Labute approximate surface area is 110 Å². The van der Waals surface area contributed by atoms with Crippen LogP contribution in [0.15, 0.2) is 0 Å². The largest absolute Gasteiger partial charge is 0.481 e. The van der Waals surface area contributed by atoms with E-state index in [4.69, 9.17) is 15.6 Å². The van der Waals surface area contributed by atoms with Crippen molar-refractivity contribution in [3.8, 4) is 0 Å². The Balaban J connectivity index is 4.54. The lowest BCUT2D eigenvalue weighted by molar-refractivity contribution is -0.167. The molecular formula is C11H20BrNO4. The van der Waals surface area contributed by atoms with Crippen LogP contribution in [0.1, 0.15) is 40.5 Å². The molecule has 0 saturated heterocycles. The van der Waals surface area contributed by atoms with Crippen molar-refractivity contribution in [3.63, 3.8) is 0 Å². The van der Waals surface area contributed by atoms with Crippen molar-refractivity contribution >= 4 is 27.9 Å². The highest BCUT2D eigenvalue weighted by Crippen LogP contribution is 2.22. The van der Waals surface area contributed by atoms with E-state index in [-0.39, 0.29) is 6.42 Å². The molecule has 5 nitrogen and oxygen atoms in total. The Morgan fingerprint density at radius 1 is 1.35 bits per heavy atom. The summed E-state index contributed by atoms with van der Waals surface area (Å²) in [7, 11) is 0. The normalized spacial score (nSPS) is 17.1. The fourth-order valence-electron chi connectivity index (χ4n) is 1.14. The number of nitrogens with two attached hydrogens (primary N) is 1. The number of hydrogen-bond acceptors (Lipinski definition) is 4. The van der Waals surface area contributed by atoms with Gasteiger partial charge in [0.2, 0.25) is 0 Å². The number of esters is 1. The topological polar surface area (TPSA) is 89.6 Å². The first kappa shape index (κ1) is 16.4. The Kier molecular flexibility index (Phi) is 5.61. The smallest absolute Gasteiger partial charge is 0.320 e. The van der Waals surface area contributed by atoms with Gasteiger partial charge in [-0.2, -0.15) is 0 Å². The third kappa shape index (κ3) is 8.15. The quantitative estimate of drug-likeness (QED) is 0.350. The van der Waals surface area contributed by atoms with Crippen LogP contribution in [-0.4, -0.2) is 27.1 Å². The first-order chi connectivity index (χ1) is 7.42. The zero-order valence-corrected chi connectivity index (χ0v) is 12.2. The summed E-state index contributed by atoms with van der Waals surface area (Å²) in [6.07, 6.45) is 0.506. The molecule has 0 aliphatic carbocycles. The van der Waals surface area contributed by atoms with E-state index < -0.39 is 27.9 Å². The molecule has 2 atom stereocenters. The lowest BCUT2D eigenvalue weighted by Gasteiger charge is -2.23. The first-order valence-corrected chi connectivity index (χ1v) is 6.15. The molecule has 0 fully saturated rings. The number of carboxylic acids is 1. The summed E-state index contributed by atoms with van der Waals surface area (Å²) in [5, 5.41) is 8.98. The van der Waals surface area contributed by atoms with Gasteiger partial charge in [0.05, 0.1) is 4.45 Å². The molecule has 100 valence electrons. The van der Waals surface area contributed by atoms with Gasteiger partial charge in [0.15, 0.2) is 5.92 Å². The van der Waals surface area contributed by atoms with E-state index in [9.17, 15) is 9.59 Å². The molecule has 0 aliphatic heterocycles. The van der Waals surface area contributed by atoms with Gasteiger partial charge >= 0.3 is 11.9 Å². The van der Waals surface area contributed by atoms with Crippen molar-refractivity contribution in [1.29, 1.82) is 0 Å². The number of alkyl halides is 1. The molecule has 0 aromatic rings. The van der Waals surface area contributed by atoms with Crippen LogP contribution in [0.3, 0.4) is 0 Å². The van der Waals surface area contributed by atoms with Crippen molar-refractivity contribution in [3.05, 3.63) is 0 Å². The summed E-state index contributed by atoms with van der Waals surface area (Å²) in [5.74, 6) is -3.08. The van der Waals surface area contributed by atoms with Gasteiger partial charge in [-0.15, -0.1) is 0 Å². The van der Waals surface area contributed by atoms with Gasteiger partial charge in [0.1, 0.15) is 5.60 Å². The second-order valence-electron chi connectivity index (χ2n) is 5.24. The lowest BCUT2D eigenvalue weighted by atomic mass is 10.0. The van der Waals surface area contributed by atoms with E-state index in [2.05, 4.69) is 15.9 Å². The average molecular weight is 310 g/mol. The molecule has 2 unspecified atom stereocenters. The Hall–Kier alpha value is -0.620. The molecule has 0 aromatic carbocycles. The highest BCUT2D eigenvalue weighted by atomic mass is 79.9. The van der Waals surface area contributed by atoms with Crippen LogP contribution < -0.4 is 5.73 Å². The van der Waals surface area contributed by atoms with Crippen molar-refractivity contribution in [2.45, 2.75) is 50.6 Å². The number of halogens is 1. The van der Waals surface area contributed by atoms with Gasteiger partial charge in [-0.25, -0.2) is 0 Å². The molecule has 0 radical (unpaired) electrons. The maximum atomic E-state index is 11.7. The number of carbonyl (C=O) groups is 2. The SMILES string of the molecule is CC(N)(Br)CCC(C(=O)O)C(=O)OC(C)(C)C. The van der Waals surface area contributed by atoms with E-state index in [1.165, 1.54) is 0 Å². The fourth-order valence-corrected chi connectivity index (χ4v) is 1.37. The van der Waals surface area contributed by atoms with E-state index in [0.29, 0.717) is 6.42 Å². The Morgan fingerprint density at radius 3 is 2.12 bits per heavy atom. The van der Waals surface area contributed by atoms with Crippen molar-refractivity contribution in [2.24, 2.45) is 11.7 Å². The van der Waals surface area contributed by atoms with Crippen LogP contribution in [0.4, 0.5) is 0 Å². The third-order valence-electron chi connectivity index (χ3n) is 1.91. The van der Waals surface area contributed by atoms with E-state index in [1.807, 2.05) is 0 Å². The summed E-state index contributed by atoms with van der Waals surface area (Å²) in [6, 6.07) is 0. The highest BCUT2D eigenvalue weighted by molar-refractivity contribution is 9.10. The molecule has 0 amide bonds. The van der Waals surface area contributed by atoms with Crippen LogP contribution in [0.5, 0.6) is 0 Å². The fraction of sp³-hybridized carbons (Fsp3) is 0.818. The molecule has 3 N–H and O–H groups in total. The van der Waals surface area contributed by atoms with Crippen LogP contribution >= 0.6 is 15.9 Å². The van der Waals surface area contributed by atoms with Crippen molar-refractivity contribution < 1.29 is 19.4 Å². The zero-order chi connectivity index (χ0) is 13.9. The number of carbonyl (C=O) groups excluding carboxylic acids is 1. The second kappa shape index (κ2) is 5.82. The van der Waals surface area contributed by atoms with Crippen LogP contribution in [0.25, 0.3) is 0 Å². The monoisotopic (exact) mass is 309 g/mol. The van der Waals surface area contributed by atoms with Crippen molar-refractivity contribution in [1.82, 2.24) is 0 Å². The Bertz CT molecular complexity index is 291. The number of hydrogen-bond donors (Lipinski definition) is 2. The molecule has 0 aliphatic rings. The molecule has 0 rings (SSSR count). The molecule has 0 aromatic heterocycles. The molecule has 0 bridgehead atoms. The van der Waals surface area contributed by atoms with E-state index >= 15 is 0 Å². The van der Waals surface area contributed by atoms with Gasteiger partial charge < -0.3 is 15.6 Å². The summed E-state index contributed by atoms with van der Waals surface area (Å²) in [4.78, 5) is 22.6. The Morgan fingerprint density at radius 2 is 1.82 bits per heavy atom. The van der Waals surface area contributed by atoms with Crippen molar-refractivity contribution in [2.75, 3.05) is 0 Å². The lowest BCUT2D eigenvalue weighted by Crippen LogP contribution is -2.35. The van der Waals surface area contributed by atoms with E-state index in [0.717, 1.165) is 0 Å². The first-order valence-electron chi connectivity index (χ1n) is 5.36. The number of aliphatic carboxylic acids is 1. The predicted molar refractivity (Wildman–Crippen MR) is 67.7 cm³/mol. The predicted octanol–water partition coefficient (Wildman–Crippen LogP) is 1.88. The summed E-state index contributed by atoms with van der Waals surface area (Å²) in [5.41, 5.74) is 4.99. The highest BCUT2D eigenvalue weighted by Gasteiger charge is 2.32. The maximum absolute atomic E-state index is 11.7. The van der Waals surface area contributed by atoms with E-state index in [1.54, 1.807) is 27.7 Å². The second-order valence-corrected chi connectivity index (χ2v) is 7.05. The van der Waals surface area contributed by atoms with Crippen LogP contribution in [0, 0.1) is 5.92 Å². The maximum Gasteiger partial charge on any atom is 0.320 e. The average Bonchev–Trinajstić information content (AvgIpc) is 1.96. The van der Waals surface area contributed by atoms with Gasteiger partial charge in [-0.3, -0.25) is 9.59 Å². The molecule has 0 heterocycles. The number of ether oxygens (including phenoxy) is 1. The third-order valence-corrected chi connectivity index (χ3v) is 2.31. The van der Waals surface area contributed by atoms with Gasteiger partial charge in [0.25, 0.3) is 0 Å². The number of rotatable bonds is 5. The summed E-state index contributed by atoms with van der Waals surface area (Å²) < 4.78 is 4.37. The summed E-state index contributed by atoms with van der Waals surface area (Å²) >= 11 is 3.20. The van der Waals surface area contributed by atoms with Crippen LogP contribution in [-0.2, 0) is 14.3 Å². The molecule has 0 saturated carbocycles. The van der Waals surface area contributed by atoms with Crippen LogP contribution in [0.2, 0.25) is 0 Å². The molecule has 0 spiro atoms.